The molecule has 0 bridgehead atoms. The molecule has 20 heavy (non-hydrogen) atoms. The van der Waals surface area contributed by atoms with E-state index in [4.69, 9.17) is 0 Å². The summed E-state index contributed by atoms with van der Waals surface area (Å²) in [4.78, 5) is 14.3. The second-order valence-corrected chi connectivity index (χ2v) is 5.37. The molecule has 1 atom stereocenters. The summed E-state index contributed by atoms with van der Waals surface area (Å²) in [5.74, 6) is 0.609. The van der Waals surface area contributed by atoms with E-state index in [1.54, 1.807) is 0 Å². The minimum absolute atomic E-state index is 0.0153. The minimum Gasteiger partial charge on any atom is -0.365 e. The third-order valence-corrected chi connectivity index (χ3v) is 4.11. The number of amides is 1. The molecular weight excluding hydrogens is 254 g/mol. The van der Waals surface area contributed by atoms with Crippen molar-refractivity contribution in [3.63, 3.8) is 0 Å². The van der Waals surface area contributed by atoms with Crippen molar-refractivity contribution < 1.29 is 4.79 Å². The summed E-state index contributed by atoms with van der Waals surface area (Å²) in [5.41, 5.74) is 1.58. The van der Waals surface area contributed by atoms with Crippen LogP contribution < -0.4 is 15.5 Å². The van der Waals surface area contributed by atoms with Gasteiger partial charge in [-0.05, 0) is 18.6 Å². The van der Waals surface area contributed by atoms with Crippen molar-refractivity contribution in [2.24, 2.45) is 0 Å². The third kappa shape index (κ3) is 1.44. The Hall–Kier alpha value is -2.50. The first-order valence-electron chi connectivity index (χ1n) is 6.64. The highest BCUT2D eigenvalue weighted by Crippen LogP contribution is 2.32. The van der Waals surface area contributed by atoms with E-state index >= 15 is 0 Å². The van der Waals surface area contributed by atoms with Crippen LogP contribution in [-0.2, 0) is 4.79 Å². The van der Waals surface area contributed by atoms with E-state index in [9.17, 15) is 4.79 Å². The van der Waals surface area contributed by atoms with Crippen LogP contribution in [0.25, 0.3) is 5.52 Å². The number of carbonyl (C=O) groups is 1. The predicted octanol–water partition coefficient (Wildman–Crippen LogP) is 0.474. The maximum Gasteiger partial charge on any atom is 0.253 e. The van der Waals surface area contributed by atoms with E-state index in [0.717, 1.165) is 24.2 Å². The van der Waals surface area contributed by atoms with Gasteiger partial charge in [0, 0.05) is 12.7 Å². The zero-order chi connectivity index (χ0) is 13.7. The van der Waals surface area contributed by atoms with Crippen LogP contribution in [0.2, 0.25) is 0 Å². The van der Waals surface area contributed by atoms with Crippen molar-refractivity contribution in [1.29, 1.82) is 0 Å². The van der Waals surface area contributed by atoms with Crippen molar-refractivity contribution in [1.82, 2.24) is 20.2 Å². The van der Waals surface area contributed by atoms with Gasteiger partial charge in [-0.1, -0.05) is 12.6 Å². The van der Waals surface area contributed by atoms with Crippen molar-refractivity contribution in [2.75, 3.05) is 18.0 Å². The molecule has 0 aromatic carbocycles. The second-order valence-electron chi connectivity index (χ2n) is 5.37. The van der Waals surface area contributed by atoms with Gasteiger partial charge in [0.15, 0.2) is 0 Å². The maximum absolute atomic E-state index is 12.1. The standard InChI is InChI=1S/C14H15N5O/c1-10-16-13(20)14(17-10)5-7-18(9-14)12-8-15-19-6-3-2-4-11(12)19/h2-4,6,8,17H,1,5,7,9H2,(H,16,20). The number of anilines is 1. The van der Waals surface area contributed by atoms with Crippen molar-refractivity contribution in [3.05, 3.63) is 43.0 Å². The van der Waals surface area contributed by atoms with Crippen LogP contribution in [-0.4, -0.2) is 34.1 Å². The average molecular weight is 269 g/mol. The van der Waals surface area contributed by atoms with E-state index in [2.05, 4.69) is 27.2 Å². The molecule has 2 aliphatic heterocycles. The quantitative estimate of drug-likeness (QED) is 0.790. The Kier molecular flexibility index (Phi) is 2.13. The lowest BCUT2D eigenvalue weighted by atomic mass is 9.99. The number of carbonyl (C=O) groups excluding carboxylic acids is 1. The van der Waals surface area contributed by atoms with Crippen LogP contribution in [0.4, 0.5) is 5.69 Å². The number of hydrogen-bond donors (Lipinski definition) is 2. The van der Waals surface area contributed by atoms with Crippen LogP contribution in [0.15, 0.2) is 43.0 Å². The van der Waals surface area contributed by atoms with Crippen molar-refractivity contribution in [2.45, 2.75) is 12.0 Å². The number of nitrogens with zero attached hydrogens (tertiary/aromatic N) is 3. The second kappa shape index (κ2) is 3.75. The Labute approximate surface area is 116 Å². The first-order valence-corrected chi connectivity index (χ1v) is 6.64. The smallest absolute Gasteiger partial charge is 0.253 e. The average Bonchev–Trinajstić information content (AvgIpc) is 3.09. The van der Waals surface area contributed by atoms with Crippen LogP contribution in [0.1, 0.15) is 6.42 Å². The third-order valence-electron chi connectivity index (χ3n) is 4.11. The van der Waals surface area contributed by atoms with Gasteiger partial charge in [0.05, 0.1) is 29.8 Å². The maximum atomic E-state index is 12.1. The normalized spacial score (nSPS) is 25.5. The molecule has 102 valence electrons. The topological polar surface area (TPSA) is 61.7 Å². The lowest BCUT2D eigenvalue weighted by Crippen LogP contribution is -2.48. The molecule has 0 radical (unpaired) electrons. The van der Waals surface area contributed by atoms with Gasteiger partial charge < -0.3 is 15.5 Å². The Bertz CT molecular complexity index is 721. The lowest BCUT2D eigenvalue weighted by Gasteiger charge is -2.22. The lowest BCUT2D eigenvalue weighted by molar-refractivity contribution is -0.123. The molecule has 0 saturated carbocycles. The van der Waals surface area contributed by atoms with Gasteiger partial charge in [0.2, 0.25) is 0 Å². The van der Waals surface area contributed by atoms with Crippen LogP contribution in [0, 0.1) is 0 Å². The van der Waals surface area contributed by atoms with Gasteiger partial charge in [0.1, 0.15) is 5.54 Å². The molecular formula is C14H15N5O. The fourth-order valence-corrected chi connectivity index (χ4v) is 3.10. The summed E-state index contributed by atoms with van der Waals surface area (Å²) in [6.07, 6.45) is 4.55. The molecule has 1 spiro atoms. The van der Waals surface area contributed by atoms with Gasteiger partial charge in [-0.15, -0.1) is 0 Å². The Balaban J connectivity index is 1.69. The minimum atomic E-state index is -0.542. The highest BCUT2D eigenvalue weighted by molar-refractivity contribution is 5.92. The largest absolute Gasteiger partial charge is 0.365 e. The number of pyridine rings is 1. The van der Waals surface area contributed by atoms with E-state index in [-0.39, 0.29) is 5.91 Å². The van der Waals surface area contributed by atoms with Crippen LogP contribution >= 0.6 is 0 Å². The number of rotatable bonds is 1. The summed E-state index contributed by atoms with van der Waals surface area (Å²) in [6, 6.07) is 5.98. The molecule has 6 nitrogen and oxygen atoms in total. The summed E-state index contributed by atoms with van der Waals surface area (Å²) >= 11 is 0. The molecule has 4 heterocycles. The first kappa shape index (κ1) is 11.3. The van der Waals surface area contributed by atoms with Crippen LogP contribution in [0.5, 0.6) is 0 Å². The van der Waals surface area contributed by atoms with E-state index in [1.807, 2.05) is 35.1 Å². The van der Waals surface area contributed by atoms with E-state index < -0.39 is 5.54 Å². The summed E-state index contributed by atoms with van der Waals surface area (Å²) in [5, 5.41) is 10.3. The van der Waals surface area contributed by atoms with Crippen molar-refractivity contribution in [3.8, 4) is 0 Å². The van der Waals surface area contributed by atoms with E-state index in [0.29, 0.717) is 12.4 Å². The van der Waals surface area contributed by atoms with Crippen molar-refractivity contribution >= 4 is 17.1 Å². The molecule has 1 amide bonds. The Morgan fingerprint density at radius 2 is 2.30 bits per heavy atom. The van der Waals surface area contributed by atoms with Gasteiger partial charge in [-0.25, -0.2) is 4.52 Å². The fraction of sp³-hybridized carbons (Fsp3) is 0.286. The van der Waals surface area contributed by atoms with Crippen LogP contribution in [0.3, 0.4) is 0 Å². The van der Waals surface area contributed by atoms with Gasteiger partial charge >= 0.3 is 0 Å². The summed E-state index contributed by atoms with van der Waals surface area (Å²) in [6.45, 7) is 5.24. The molecule has 2 aromatic rings. The molecule has 2 saturated heterocycles. The number of aromatic nitrogens is 2. The van der Waals surface area contributed by atoms with Gasteiger partial charge in [-0.2, -0.15) is 5.10 Å². The summed E-state index contributed by atoms with van der Waals surface area (Å²) in [7, 11) is 0. The SMILES string of the molecule is C=C1NC(=O)C2(CCN(c3cnn4ccccc34)C2)N1. The zero-order valence-corrected chi connectivity index (χ0v) is 11.0. The monoisotopic (exact) mass is 269 g/mol. The molecule has 2 aliphatic rings. The predicted molar refractivity (Wildman–Crippen MR) is 75.2 cm³/mol. The molecule has 6 heteroatoms. The molecule has 0 aliphatic carbocycles. The highest BCUT2D eigenvalue weighted by atomic mass is 16.2. The number of fused-ring (bicyclic) bond motifs is 1. The van der Waals surface area contributed by atoms with E-state index in [1.165, 1.54) is 0 Å². The Morgan fingerprint density at radius 1 is 1.40 bits per heavy atom. The fourth-order valence-electron chi connectivity index (χ4n) is 3.10. The Morgan fingerprint density at radius 3 is 3.10 bits per heavy atom. The highest BCUT2D eigenvalue weighted by Gasteiger charge is 2.49. The first-order chi connectivity index (χ1) is 9.68. The zero-order valence-electron chi connectivity index (χ0n) is 11.0. The molecule has 2 N–H and O–H groups in total. The molecule has 2 fully saturated rings. The molecule has 2 aromatic heterocycles. The molecule has 1 unspecified atom stereocenters. The van der Waals surface area contributed by atoms with Gasteiger partial charge in [-0.3, -0.25) is 4.79 Å². The molecule has 4 rings (SSSR count). The van der Waals surface area contributed by atoms with Gasteiger partial charge in [0.25, 0.3) is 5.91 Å². The summed E-state index contributed by atoms with van der Waals surface area (Å²) < 4.78 is 1.85. The number of nitrogens with one attached hydrogen (secondary N) is 2. The number of hydrogen-bond acceptors (Lipinski definition) is 4.